The Morgan fingerprint density at radius 2 is 1.58 bits per heavy atom. The van der Waals surface area contributed by atoms with E-state index in [2.05, 4.69) is 90.8 Å². The normalized spacial score (nSPS) is 15.7. The number of benzene rings is 1. The van der Waals surface area contributed by atoms with E-state index >= 15 is 0 Å². The van der Waals surface area contributed by atoms with Crippen LogP contribution < -0.4 is 0 Å². The summed E-state index contributed by atoms with van der Waals surface area (Å²) in [6.07, 6.45) is 4.86. The molecule has 2 heterocycles. The molecule has 0 radical (unpaired) electrons. The van der Waals surface area contributed by atoms with E-state index in [0.717, 1.165) is 16.5 Å². The molecular formula is C24H33N5OS. The molecule has 6 nitrogen and oxygen atoms in total. The van der Waals surface area contributed by atoms with Crippen LogP contribution in [0.1, 0.15) is 90.6 Å². The van der Waals surface area contributed by atoms with E-state index in [1.807, 2.05) is 0 Å². The Hall–Kier alpha value is -2.15. The standard InChI is InChI=1S/C24H33N5OS/c1-23(2,3)17-13-11-16(12-14-17)20-26-28-22(29(20)18-9-7-8-10-18)31-15-19-25-27-21(30-19)24(4,5)6/h11-14,18H,7-10,15H2,1-6H3. The molecule has 0 N–H and O–H groups in total. The molecule has 166 valence electrons. The maximum absolute atomic E-state index is 5.87. The Morgan fingerprint density at radius 3 is 2.16 bits per heavy atom. The van der Waals surface area contributed by atoms with E-state index in [0.29, 0.717) is 23.6 Å². The van der Waals surface area contributed by atoms with Crippen molar-refractivity contribution in [2.75, 3.05) is 0 Å². The van der Waals surface area contributed by atoms with Gasteiger partial charge < -0.3 is 4.42 Å². The number of nitrogens with zero attached hydrogens (tertiary/aromatic N) is 5. The van der Waals surface area contributed by atoms with Gasteiger partial charge in [0.25, 0.3) is 0 Å². The molecular weight excluding hydrogens is 406 g/mol. The lowest BCUT2D eigenvalue weighted by Crippen LogP contribution is -2.11. The summed E-state index contributed by atoms with van der Waals surface area (Å²) >= 11 is 1.63. The summed E-state index contributed by atoms with van der Waals surface area (Å²) in [5.41, 5.74) is 2.43. The largest absolute Gasteiger partial charge is 0.424 e. The van der Waals surface area contributed by atoms with Crippen LogP contribution in [0.25, 0.3) is 11.4 Å². The minimum Gasteiger partial charge on any atom is -0.424 e. The SMILES string of the molecule is CC(C)(C)c1ccc(-c2nnc(SCc3nnc(C(C)(C)C)o3)n2C2CCCC2)cc1. The molecule has 0 saturated heterocycles. The predicted molar refractivity (Wildman–Crippen MR) is 124 cm³/mol. The highest BCUT2D eigenvalue weighted by molar-refractivity contribution is 7.98. The predicted octanol–water partition coefficient (Wildman–Crippen LogP) is 6.33. The molecule has 1 aliphatic rings. The van der Waals surface area contributed by atoms with Crippen molar-refractivity contribution in [3.8, 4) is 11.4 Å². The van der Waals surface area contributed by atoms with Crippen LogP contribution in [0.3, 0.4) is 0 Å². The summed E-state index contributed by atoms with van der Waals surface area (Å²) in [6.45, 7) is 12.9. The first-order valence-corrected chi connectivity index (χ1v) is 12.1. The molecule has 0 spiro atoms. The van der Waals surface area contributed by atoms with E-state index in [4.69, 9.17) is 4.42 Å². The third-order valence-corrected chi connectivity index (χ3v) is 6.72. The summed E-state index contributed by atoms with van der Waals surface area (Å²) in [7, 11) is 0. The summed E-state index contributed by atoms with van der Waals surface area (Å²) < 4.78 is 8.21. The average molecular weight is 440 g/mol. The van der Waals surface area contributed by atoms with Crippen LogP contribution in [0.4, 0.5) is 0 Å². The lowest BCUT2D eigenvalue weighted by molar-refractivity contribution is 0.378. The van der Waals surface area contributed by atoms with Crippen molar-refractivity contribution < 1.29 is 4.42 Å². The van der Waals surface area contributed by atoms with Gasteiger partial charge in [0.1, 0.15) is 0 Å². The van der Waals surface area contributed by atoms with Crippen LogP contribution in [-0.4, -0.2) is 25.0 Å². The van der Waals surface area contributed by atoms with Crippen molar-refractivity contribution in [2.24, 2.45) is 0 Å². The molecule has 0 unspecified atom stereocenters. The molecule has 0 bridgehead atoms. The first kappa shape index (κ1) is 22.1. The molecule has 4 rings (SSSR count). The fraction of sp³-hybridized carbons (Fsp3) is 0.583. The zero-order valence-corrected chi connectivity index (χ0v) is 20.3. The molecule has 1 saturated carbocycles. The van der Waals surface area contributed by atoms with Gasteiger partial charge in [0, 0.05) is 17.0 Å². The van der Waals surface area contributed by atoms with Gasteiger partial charge in [-0.15, -0.1) is 20.4 Å². The van der Waals surface area contributed by atoms with E-state index < -0.39 is 0 Å². The highest BCUT2D eigenvalue weighted by Gasteiger charge is 2.26. The van der Waals surface area contributed by atoms with Gasteiger partial charge in [-0.1, -0.05) is 90.4 Å². The molecule has 0 amide bonds. The van der Waals surface area contributed by atoms with Crippen LogP contribution in [0, 0.1) is 0 Å². The quantitative estimate of drug-likeness (QED) is 0.433. The lowest BCUT2D eigenvalue weighted by atomic mass is 9.86. The van der Waals surface area contributed by atoms with Gasteiger partial charge in [0.05, 0.1) is 5.75 Å². The second-order valence-corrected chi connectivity index (χ2v) is 11.4. The fourth-order valence-electron chi connectivity index (χ4n) is 3.92. The first-order valence-electron chi connectivity index (χ1n) is 11.1. The Bertz CT molecular complexity index is 1020. The minimum atomic E-state index is -0.147. The average Bonchev–Trinajstić information content (AvgIpc) is 3.44. The molecule has 1 fully saturated rings. The van der Waals surface area contributed by atoms with Gasteiger partial charge in [-0.05, 0) is 23.8 Å². The third kappa shape index (κ3) is 4.86. The van der Waals surface area contributed by atoms with Crippen molar-refractivity contribution in [1.82, 2.24) is 25.0 Å². The molecule has 7 heteroatoms. The van der Waals surface area contributed by atoms with Crippen molar-refractivity contribution >= 4 is 11.8 Å². The zero-order chi connectivity index (χ0) is 22.2. The number of rotatable bonds is 5. The van der Waals surface area contributed by atoms with E-state index in [9.17, 15) is 0 Å². The van der Waals surface area contributed by atoms with Crippen LogP contribution in [0.15, 0.2) is 33.8 Å². The summed E-state index contributed by atoms with van der Waals surface area (Å²) in [4.78, 5) is 0. The van der Waals surface area contributed by atoms with Crippen LogP contribution in [0.5, 0.6) is 0 Å². The highest BCUT2D eigenvalue weighted by atomic mass is 32.2. The third-order valence-electron chi connectivity index (χ3n) is 5.80. The second-order valence-electron chi connectivity index (χ2n) is 10.5. The van der Waals surface area contributed by atoms with Gasteiger partial charge in [-0.2, -0.15) is 0 Å². The monoisotopic (exact) mass is 439 g/mol. The summed E-state index contributed by atoms with van der Waals surface area (Å²) in [6, 6.07) is 9.23. The number of thioether (sulfide) groups is 1. The van der Waals surface area contributed by atoms with Crippen LogP contribution >= 0.6 is 11.8 Å². The van der Waals surface area contributed by atoms with Gasteiger partial charge in [-0.3, -0.25) is 4.57 Å². The van der Waals surface area contributed by atoms with Crippen molar-refractivity contribution in [3.05, 3.63) is 41.6 Å². The van der Waals surface area contributed by atoms with E-state index in [1.54, 1.807) is 11.8 Å². The lowest BCUT2D eigenvalue weighted by Gasteiger charge is -2.20. The van der Waals surface area contributed by atoms with Gasteiger partial charge in [0.2, 0.25) is 11.8 Å². The maximum atomic E-state index is 5.87. The second kappa shape index (κ2) is 8.41. The van der Waals surface area contributed by atoms with Gasteiger partial charge >= 0.3 is 0 Å². The first-order chi connectivity index (χ1) is 14.6. The minimum absolute atomic E-state index is 0.134. The van der Waals surface area contributed by atoms with Gasteiger partial charge in [0.15, 0.2) is 11.0 Å². The number of aromatic nitrogens is 5. The van der Waals surface area contributed by atoms with Crippen molar-refractivity contribution in [1.29, 1.82) is 0 Å². The van der Waals surface area contributed by atoms with Crippen molar-refractivity contribution in [2.45, 2.75) is 95.0 Å². The molecule has 1 aliphatic carbocycles. The Balaban J connectivity index is 1.60. The van der Waals surface area contributed by atoms with Gasteiger partial charge in [-0.25, -0.2) is 0 Å². The number of hydrogen-bond donors (Lipinski definition) is 0. The Kier molecular flexibility index (Phi) is 5.99. The number of hydrogen-bond acceptors (Lipinski definition) is 6. The molecule has 2 aromatic heterocycles. The zero-order valence-electron chi connectivity index (χ0n) is 19.5. The van der Waals surface area contributed by atoms with E-state index in [-0.39, 0.29) is 10.8 Å². The topological polar surface area (TPSA) is 69.6 Å². The summed E-state index contributed by atoms with van der Waals surface area (Å²) in [5, 5.41) is 18.5. The molecule has 3 aromatic rings. The molecule has 0 atom stereocenters. The molecule has 31 heavy (non-hydrogen) atoms. The van der Waals surface area contributed by atoms with Crippen molar-refractivity contribution in [3.63, 3.8) is 0 Å². The Morgan fingerprint density at radius 1 is 0.903 bits per heavy atom. The van der Waals surface area contributed by atoms with E-state index in [1.165, 1.54) is 31.2 Å². The molecule has 1 aromatic carbocycles. The molecule has 0 aliphatic heterocycles. The van der Waals surface area contributed by atoms with Crippen LogP contribution in [0.2, 0.25) is 0 Å². The summed E-state index contributed by atoms with van der Waals surface area (Å²) in [5.74, 6) is 2.85. The smallest absolute Gasteiger partial charge is 0.226 e. The van der Waals surface area contributed by atoms with Crippen LogP contribution in [-0.2, 0) is 16.6 Å². The fourth-order valence-corrected chi connectivity index (χ4v) is 4.77. The highest BCUT2D eigenvalue weighted by Crippen LogP contribution is 2.37. The maximum Gasteiger partial charge on any atom is 0.226 e. The Labute approximate surface area is 189 Å².